The molecular formula is C13H8F17LiO2S. The molecule has 21 heteroatoms. The van der Waals surface area contributed by atoms with E-state index in [1.165, 1.54) is 0 Å². The van der Waals surface area contributed by atoms with Crippen molar-refractivity contribution in [3.8, 4) is 0 Å². The number of carboxylic acids is 1. The standard InChI is InChI=1S/C13H9F17O2S.Li/c14-6(15,2-4-33-3-1-5(31)32)7(16,17)8(18,19)9(20,21)10(22,23)11(24,25)12(26,27)13(28,29)30;/h1-4H2,(H,31,32);/q;+1/p-1. The first-order valence-electron chi connectivity index (χ1n) is 7.66. The summed E-state index contributed by atoms with van der Waals surface area (Å²) in [5.74, 6) is -60.3. The Morgan fingerprint density at radius 1 is 0.559 bits per heavy atom. The fourth-order valence-electron chi connectivity index (χ4n) is 1.81. The van der Waals surface area contributed by atoms with Gasteiger partial charge in [0.05, 0.1) is 0 Å². The van der Waals surface area contributed by atoms with Crippen molar-refractivity contribution in [1.29, 1.82) is 0 Å². The first-order chi connectivity index (χ1) is 14.2. The van der Waals surface area contributed by atoms with E-state index in [0.717, 1.165) is 0 Å². The van der Waals surface area contributed by atoms with Gasteiger partial charge in [0, 0.05) is 12.4 Å². The van der Waals surface area contributed by atoms with E-state index in [2.05, 4.69) is 0 Å². The third kappa shape index (κ3) is 5.62. The van der Waals surface area contributed by atoms with Crippen LogP contribution in [0.4, 0.5) is 74.6 Å². The number of hydrogen-bond acceptors (Lipinski definition) is 3. The molecule has 198 valence electrons. The van der Waals surface area contributed by atoms with Gasteiger partial charge < -0.3 is 9.90 Å². The summed E-state index contributed by atoms with van der Waals surface area (Å²) in [4.78, 5) is 10.0. The van der Waals surface area contributed by atoms with Crippen LogP contribution in [0.5, 0.6) is 0 Å². The van der Waals surface area contributed by atoms with Crippen LogP contribution in [0.15, 0.2) is 0 Å². The van der Waals surface area contributed by atoms with Crippen molar-refractivity contribution in [3.63, 3.8) is 0 Å². The molecule has 0 atom stereocenters. The summed E-state index contributed by atoms with van der Waals surface area (Å²) in [6, 6.07) is 0. The first kappa shape index (κ1) is 35.4. The summed E-state index contributed by atoms with van der Waals surface area (Å²) in [7, 11) is 0. The molecule has 2 nitrogen and oxygen atoms in total. The molecule has 0 unspecified atom stereocenters. The number of carboxylic acid groups (broad SMARTS) is 1. The number of carbonyl (C=O) groups is 1. The van der Waals surface area contributed by atoms with Crippen LogP contribution in [-0.2, 0) is 4.79 Å². The molecule has 0 N–H and O–H groups in total. The zero-order valence-electron chi connectivity index (χ0n) is 16.0. The molecule has 0 bridgehead atoms. The summed E-state index contributed by atoms with van der Waals surface area (Å²) >= 11 is -0.000304. The maximum absolute atomic E-state index is 13.5. The van der Waals surface area contributed by atoms with E-state index in [1.807, 2.05) is 0 Å². The van der Waals surface area contributed by atoms with Crippen molar-refractivity contribution in [2.24, 2.45) is 0 Å². The van der Waals surface area contributed by atoms with E-state index in [1.54, 1.807) is 0 Å². The number of carbonyl (C=O) groups excluding carboxylic acids is 1. The molecule has 0 fully saturated rings. The van der Waals surface area contributed by atoms with Crippen LogP contribution >= 0.6 is 11.8 Å². The Labute approximate surface area is 193 Å². The Kier molecular flexibility index (Phi) is 10.7. The Morgan fingerprint density at radius 2 is 0.882 bits per heavy atom. The Hall–Kier alpha value is -0.773. The van der Waals surface area contributed by atoms with Crippen LogP contribution in [0.25, 0.3) is 0 Å². The van der Waals surface area contributed by atoms with Gasteiger partial charge in [-0.3, -0.25) is 0 Å². The van der Waals surface area contributed by atoms with Gasteiger partial charge in [0.2, 0.25) is 0 Å². The molecule has 0 rings (SSSR count). The largest absolute Gasteiger partial charge is 1.00 e. The second kappa shape index (κ2) is 10.3. The predicted molar refractivity (Wildman–Crippen MR) is 72.2 cm³/mol. The van der Waals surface area contributed by atoms with E-state index in [9.17, 15) is 84.5 Å². The van der Waals surface area contributed by atoms with Crippen molar-refractivity contribution in [2.45, 2.75) is 60.5 Å². The molecule has 0 aliphatic carbocycles. The Bertz CT molecular complexity index is 706. The van der Waals surface area contributed by atoms with Crippen LogP contribution in [-0.4, -0.2) is 65.1 Å². The number of halogens is 17. The molecule has 0 aliphatic heterocycles. The zero-order valence-corrected chi connectivity index (χ0v) is 16.8. The second-order valence-corrected chi connectivity index (χ2v) is 7.36. The second-order valence-electron chi connectivity index (χ2n) is 6.13. The van der Waals surface area contributed by atoms with Crippen molar-refractivity contribution in [3.05, 3.63) is 0 Å². The monoisotopic (exact) mass is 558 g/mol. The third-order valence-electron chi connectivity index (χ3n) is 3.80. The van der Waals surface area contributed by atoms with Crippen LogP contribution in [0.3, 0.4) is 0 Å². The number of rotatable bonds is 12. The minimum Gasteiger partial charge on any atom is -0.550 e. The predicted octanol–water partition coefficient (Wildman–Crippen LogP) is 2.26. The number of aliphatic carboxylic acids is 1. The number of thioether (sulfide) groups is 1. The van der Waals surface area contributed by atoms with Crippen molar-refractivity contribution >= 4 is 17.7 Å². The number of alkyl halides is 17. The summed E-state index contributed by atoms with van der Waals surface area (Å²) in [5, 5.41) is 10.0. The van der Waals surface area contributed by atoms with Gasteiger partial charge in [0.25, 0.3) is 0 Å². The van der Waals surface area contributed by atoms with Gasteiger partial charge in [-0.2, -0.15) is 86.4 Å². The maximum atomic E-state index is 13.5. The quantitative estimate of drug-likeness (QED) is 0.210. The fourth-order valence-corrected chi connectivity index (χ4v) is 2.73. The molecule has 0 saturated carbocycles. The molecule has 0 aromatic carbocycles. The molecule has 0 aromatic heterocycles. The van der Waals surface area contributed by atoms with Crippen LogP contribution in [0.2, 0.25) is 0 Å². The summed E-state index contributed by atoms with van der Waals surface area (Å²) < 4.78 is 221. The Balaban J connectivity index is 0. The van der Waals surface area contributed by atoms with Gasteiger partial charge in [0.1, 0.15) is 0 Å². The molecule has 0 saturated heterocycles. The molecule has 34 heavy (non-hydrogen) atoms. The first-order valence-corrected chi connectivity index (χ1v) is 8.81. The molecule has 0 radical (unpaired) electrons. The van der Waals surface area contributed by atoms with Gasteiger partial charge in [-0.1, -0.05) is 0 Å². The third-order valence-corrected chi connectivity index (χ3v) is 4.78. The molecule has 0 heterocycles. The molecular weight excluding hydrogens is 550 g/mol. The van der Waals surface area contributed by atoms with Crippen LogP contribution in [0, 0.1) is 0 Å². The molecule has 0 aliphatic rings. The fraction of sp³-hybridized carbons (Fsp3) is 0.923. The van der Waals surface area contributed by atoms with E-state index < -0.39 is 78.0 Å². The maximum Gasteiger partial charge on any atom is 1.00 e. The van der Waals surface area contributed by atoms with E-state index in [4.69, 9.17) is 0 Å². The van der Waals surface area contributed by atoms with Crippen LogP contribution in [0.1, 0.15) is 12.8 Å². The van der Waals surface area contributed by atoms with Gasteiger partial charge in [0.15, 0.2) is 0 Å². The SMILES string of the molecule is O=C([O-])CCSCCC(F)(F)C(F)(F)C(F)(F)C(F)(F)C(F)(F)C(F)(F)C(F)(F)C(F)(F)F.[Li+]. The molecule has 0 amide bonds. The normalized spacial score (nSPS) is 15.2. The van der Waals surface area contributed by atoms with Gasteiger partial charge in [-0.05, 0) is 17.9 Å². The minimum absolute atomic E-state index is 0. The van der Waals surface area contributed by atoms with E-state index in [-0.39, 0.29) is 30.6 Å². The number of hydrogen-bond donors (Lipinski definition) is 0. The molecule has 0 aromatic rings. The van der Waals surface area contributed by atoms with Gasteiger partial charge >= 0.3 is 66.5 Å². The summed E-state index contributed by atoms with van der Waals surface area (Å²) in [5.41, 5.74) is 0. The minimum atomic E-state index is -8.65. The smallest absolute Gasteiger partial charge is 0.550 e. The van der Waals surface area contributed by atoms with Crippen molar-refractivity contribution in [2.75, 3.05) is 11.5 Å². The van der Waals surface area contributed by atoms with Gasteiger partial charge in [-0.25, -0.2) is 0 Å². The van der Waals surface area contributed by atoms with E-state index >= 15 is 0 Å². The zero-order chi connectivity index (χ0) is 27.1. The van der Waals surface area contributed by atoms with Crippen molar-refractivity contribution < 1.29 is 103 Å². The average molecular weight is 558 g/mol. The Morgan fingerprint density at radius 3 is 1.21 bits per heavy atom. The van der Waals surface area contributed by atoms with E-state index in [0.29, 0.717) is 0 Å². The molecule has 0 spiro atoms. The van der Waals surface area contributed by atoms with Gasteiger partial charge in [-0.15, -0.1) is 0 Å². The van der Waals surface area contributed by atoms with Crippen LogP contribution < -0.4 is 24.0 Å². The average Bonchev–Trinajstić information content (AvgIpc) is 2.58. The topological polar surface area (TPSA) is 40.1 Å². The van der Waals surface area contributed by atoms with Crippen molar-refractivity contribution in [1.82, 2.24) is 0 Å². The summed E-state index contributed by atoms with van der Waals surface area (Å²) in [6.07, 6.45) is -11.3. The summed E-state index contributed by atoms with van der Waals surface area (Å²) in [6.45, 7) is 0.